The summed E-state index contributed by atoms with van der Waals surface area (Å²) in [6, 6.07) is -0.298. The van der Waals surface area contributed by atoms with Crippen molar-refractivity contribution in [3.63, 3.8) is 0 Å². The Balaban J connectivity index is 2.44. The molecule has 102 valence electrons. The van der Waals surface area contributed by atoms with Gasteiger partial charge in [-0.05, 0) is 19.8 Å². The van der Waals surface area contributed by atoms with E-state index in [0.717, 1.165) is 12.0 Å². The maximum Gasteiger partial charge on any atom is 0.315 e. The lowest BCUT2D eigenvalue weighted by molar-refractivity contribution is 0.225. The molecule has 0 aliphatic heterocycles. The van der Waals surface area contributed by atoms with Gasteiger partial charge in [0.25, 0.3) is 0 Å². The van der Waals surface area contributed by atoms with Crippen LogP contribution >= 0.6 is 0 Å². The number of hydrogen-bond donors (Lipinski definition) is 3. The van der Waals surface area contributed by atoms with Crippen LogP contribution in [0.25, 0.3) is 0 Å². The Morgan fingerprint density at radius 1 is 1.56 bits per heavy atom. The van der Waals surface area contributed by atoms with Gasteiger partial charge >= 0.3 is 6.03 Å². The Hall–Kier alpha value is -1.56. The molecule has 0 aliphatic rings. The van der Waals surface area contributed by atoms with Crippen molar-refractivity contribution in [2.45, 2.75) is 38.8 Å². The topological polar surface area (TPSA) is 79.2 Å². The third-order valence-corrected chi connectivity index (χ3v) is 2.88. The molecule has 1 rings (SSSR count). The second-order valence-corrected chi connectivity index (χ2v) is 4.40. The molecule has 0 saturated carbocycles. The highest BCUT2D eigenvalue weighted by molar-refractivity contribution is 5.74. The molecule has 0 spiro atoms. The number of aryl methyl sites for hydroxylation is 1. The molecule has 0 bridgehead atoms. The van der Waals surface area contributed by atoms with Crippen LogP contribution < -0.4 is 10.6 Å². The van der Waals surface area contributed by atoms with E-state index in [1.165, 1.54) is 0 Å². The summed E-state index contributed by atoms with van der Waals surface area (Å²) in [5.74, 6) is 0. The Morgan fingerprint density at radius 3 is 2.78 bits per heavy atom. The van der Waals surface area contributed by atoms with Gasteiger partial charge in [0.1, 0.15) is 0 Å². The van der Waals surface area contributed by atoms with Crippen LogP contribution in [0.15, 0.2) is 12.4 Å². The minimum atomic E-state index is -0.216. The molecule has 0 radical (unpaired) electrons. The van der Waals surface area contributed by atoms with Crippen molar-refractivity contribution >= 4 is 6.03 Å². The second-order valence-electron chi connectivity index (χ2n) is 4.40. The average molecular weight is 254 g/mol. The molecule has 6 heteroatoms. The molecule has 18 heavy (non-hydrogen) atoms. The summed E-state index contributed by atoms with van der Waals surface area (Å²) in [7, 11) is 1.84. The molecule has 1 heterocycles. The zero-order valence-corrected chi connectivity index (χ0v) is 11.2. The lowest BCUT2D eigenvalue weighted by Gasteiger charge is -2.18. The fourth-order valence-corrected chi connectivity index (χ4v) is 1.70. The fourth-order valence-electron chi connectivity index (χ4n) is 1.70. The SMILES string of the molecule is CCC(CCO)NC(=O)NC(C)c1cnn(C)c1. The number of aliphatic hydroxyl groups is 1. The molecule has 0 fully saturated rings. The Bertz CT molecular complexity index is 378. The number of hydrogen-bond acceptors (Lipinski definition) is 3. The van der Waals surface area contributed by atoms with Gasteiger partial charge in [-0.25, -0.2) is 4.79 Å². The number of amides is 2. The third-order valence-electron chi connectivity index (χ3n) is 2.88. The minimum Gasteiger partial charge on any atom is -0.396 e. The van der Waals surface area contributed by atoms with Crippen molar-refractivity contribution in [2.24, 2.45) is 7.05 Å². The number of nitrogens with one attached hydrogen (secondary N) is 2. The first-order valence-electron chi connectivity index (χ1n) is 6.23. The molecule has 1 aromatic rings. The van der Waals surface area contributed by atoms with Crippen molar-refractivity contribution in [3.8, 4) is 0 Å². The normalized spacial score (nSPS) is 14.0. The van der Waals surface area contributed by atoms with Gasteiger partial charge in [0.05, 0.1) is 12.2 Å². The van der Waals surface area contributed by atoms with Gasteiger partial charge in [-0.2, -0.15) is 5.10 Å². The van der Waals surface area contributed by atoms with E-state index in [0.29, 0.717) is 6.42 Å². The van der Waals surface area contributed by atoms with Crippen molar-refractivity contribution in [1.29, 1.82) is 0 Å². The number of aromatic nitrogens is 2. The van der Waals surface area contributed by atoms with Crippen LogP contribution in [-0.2, 0) is 7.05 Å². The quantitative estimate of drug-likeness (QED) is 0.707. The maximum absolute atomic E-state index is 11.7. The third kappa shape index (κ3) is 4.37. The number of rotatable bonds is 6. The summed E-state index contributed by atoms with van der Waals surface area (Å²) >= 11 is 0. The highest BCUT2D eigenvalue weighted by atomic mass is 16.3. The average Bonchev–Trinajstić information content (AvgIpc) is 2.75. The molecule has 2 atom stereocenters. The number of carbonyl (C=O) groups is 1. The van der Waals surface area contributed by atoms with E-state index >= 15 is 0 Å². The first-order chi connectivity index (χ1) is 8.56. The van der Waals surface area contributed by atoms with E-state index in [1.54, 1.807) is 10.9 Å². The van der Waals surface area contributed by atoms with Gasteiger partial charge in [0, 0.05) is 31.5 Å². The number of carbonyl (C=O) groups excluding carboxylic acids is 1. The molecule has 3 N–H and O–H groups in total. The highest BCUT2D eigenvalue weighted by Gasteiger charge is 2.13. The van der Waals surface area contributed by atoms with Gasteiger partial charge in [0.2, 0.25) is 0 Å². The van der Waals surface area contributed by atoms with Gasteiger partial charge in [-0.1, -0.05) is 6.92 Å². The largest absolute Gasteiger partial charge is 0.396 e. The van der Waals surface area contributed by atoms with Crippen LogP contribution in [0.4, 0.5) is 4.79 Å². The van der Waals surface area contributed by atoms with Crippen LogP contribution in [0.2, 0.25) is 0 Å². The number of urea groups is 1. The van der Waals surface area contributed by atoms with E-state index in [9.17, 15) is 4.79 Å². The fraction of sp³-hybridized carbons (Fsp3) is 0.667. The standard InChI is InChI=1S/C12H22N4O2/c1-4-11(5-6-17)15-12(18)14-9(2)10-7-13-16(3)8-10/h7-9,11,17H,4-6H2,1-3H3,(H2,14,15,18). The molecule has 1 aromatic heterocycles. The predicted octanol–water partition coefficient (Wildman–Crippen LogP) is 0.941. The van der Waals surface area contributed by atoms with Crippen LogP contribution in [0.5, 0.6) is 0 Å². The molecule has 2 amide bonds. The van der Waals surface area contributed by atoms with Crippen molar-refractivity contribution < 1.29 is 9.90 Å². The van der Waals surface area contributed by atoms with E-state index < -0.39 is 0 Å². The molecule has 0 aliphatic carbocycles. The van der Waals surface area contributed by atoms with Gasteiger partial charge in [-0.3, -0.25) is 4.68 Å². The molecule has 0 aromatic carbocycles. The Labute approximate surface area is 107 Å². The Morgan fingerprint density at radius 2 is 2.28 bits per heavy atom. The maximum atomic E-state index is 11.7. The van der Waals surface area contributed by atoms with Crippen LogP contribution in [0.1, 0.15) is 38.3 Å². The lowest BCUT2D eigenvalue weighted by atomic mass is 10.1. The first kappa shape index (κ1) is 14.5. The minimum absolute atomic E-state index is 0.0103. The van der Waals surface area contributed by atoms with Crippen molar-refractivity contribution in [2.75, 3.05) is 6.61 Å². The Kier molecular flexibility index (Phi) is 5.64. The summed E-state index contributed by atoms with van der Waals surface area (Å²) < 4.78 is 1.70. The molecule has 6 nitrogen and oxygen atoms in total. The zero-order valence-electron chi connectivity index (χ0n) is 11.2. The van der Waals surface area contributed by atoms with Crippen molar-refractivity contribution in [1.82, 2.24) is 20.4 Å². The van der Waals surface area contributed by atoms with E-state index in [2.05, 4.69) is 15.7 Å². The summed E-state index contributed by atoms with van der Waals surface area (Å²) in [6.45, 7) is 3.96. The summed E-state index contributed by atoms with van der Waals surface area (Å²) in [4.78, 5) is 11.7. The summed E-state index contributed by atoms with van der Waals surface area (Å²) in [5, 5.41) is 18.6. The predicted molar refractivity (Wildman–Crippen MR) is 69.1 cm³/mol. The molecule has 0 saturated heterocycles. The summed E-state index contributed by atoms with van der Waals surface area (Å²) in [5.41, 5.74) is 0.961. The van der Waals surface area contributed by atoms with Crippen LogP contribution in [0.3, 0.4) is 0 Å². The smallest absolute Gasteiger partial charge is 0.315 e. The molecular weight excluding hydrogens is 232 g/mol. The van der Waals surface area contributed by atoms with Crippen LogP contribution in [-0.4, -0.2) is 33.6 Å². The first-order valence-corrected chi connectivity index (χ1v) is 6.23. The van der Waals surface area contributed by atoms with E-state index in [-0.39, 0.29) is 24.7 Å². The van der Waals surface area contributed by atoms with Gasteiger partial charge in [-0.15, -0.1) is 0 Å². The highest BCUT2D eigenvalue weighted by Crippen LogP contribution is 2.10. The second kappa shape index (κ2) is 7.00. The van der Waals surface area contributed by atoms with Gasteiger partial charge < -0.3 is 15.7 Å². The number of aliphatic hydroxyl groups excluding tert-OH is 1. The van der Waals surface area contributed by atoms with E-state index in [4.69, 9.17) is 5.11 Å². The lowest BCUT2D eigenvalue weighted by Crippen LogP contribution is -2.43. The van der Waals surface area contributed by atoms with Crippen LogP contribution in [0, 0.1) is 0 Å². The van der Waals surface area contributed by atoms with Crippen molar-refractivity contribution in [3.05, 3.63) is 18.0 Å². The van der Waals surface area contributed by atoms with E-state index in [1.807, 2.05) is 27.1 Å². The molecule has 2 unspecified atom stereocenters. The molecular formula is C12H22N4O2. The van der Waals surface area contributed by atoms with Gasteiger partial charge in [0.15, 0.2) is 0 Å². The number of nitrogens with zero attached hydrogens (tertiary/aromatic N) is 2. The zero-order chi connectivity index (χ0) is 13.5. The summed E-state index contributed by atoms with van der Waals surface area (Å²) in [6.07, 6.45) is 4.98. The monoisotopic (exact) mass is 254 g/mol.